The van der Waals surface area contributed by atoms with Crippen molar-refractivity contribution in [3.05, 3.63) is 28.3 Å². The molecule has 0 amide bonds. The van der Waals surface area contributed by atoms with Crippen LogP contribution in [0.15, 0.2) is 5.16 Å². The Kier molecular flexibility index (Phi) is 5.82. The Hall–Kier alpha value is -2.09. The molecule has 7 nitrogen and oxygen atoms in total. The summed E-state index contributed by atoms with van der Waals surface area (Å²) in [6.07, 6.45) is 0.789. The number of H-pyrrole nitrogens is 1. The van der Waals surface area contributed by atoms with Crippen LogP contribution in [0.3, 0.4) is 0 Å². The van der Waals surface area contributed by atoms with Crippen LogP contribution in [0.25, 0.3) is 0 Å². The third kappa shape index (κ3) is 3.53. The molecule has 1 N–H and O–H groups in total. The van der Waals surface area contributed by atoms with E-state index >= 15 is 0 Å². The number of aromatic amines is 1. The van der Waals surface area contributed by atoms with Crippen LogP contribution in [0.1, 0.15) is 51.8 Å². The average Bonchev–Trinajstić information content (AvgIpc) is 3.05. The minimum Gasteiger partial charge on any atom is -0.461 e. The zero-order valence-electron chi connectivity index (χ0n) is 14.6. The van der Waals surface area contributed by atoms with Gasteiger partial charge in [0.2, 0.25) is 0 Å². The van der Waals surface area contributed by atoms with Gasteiger partial charge in [0.25, 0.3) is 0 Å². The lowest BCUT2D eigenvalue weighted by molar-refractivity contribution is 0.0519. The van der Waals surface area contributed by atoms with Crippen LogP contribution in [0, 0.1) is 13.8 Å². The number of carbonyl (C=O) groups excluding carboxylic acids is 2. The van der Waals surface area contributed by atoms with Crippen molar-refractivity contribution in [2.24, 2.45) is 7.05 Å². The first-order valence-corrected chi connectivity index (χ1v) is 8.79. The number of Topliss-reactive ketones (excluding diaryl/α,β-unsaturated/α-hetero) is 1. The molecule has 0 fully saturated rings. The first kappa shape index (κ1) is 18.3. The number of hydrogen-bond acceptors (Lipinski definition) is 6. The highest BCUT2D eigenvalue weighted by Crippen LogP contribution is 2.23. The van der Waals surface area contributed by atoms with Crippen molar-refractivity contribution in [1.82, 2.24) is 19.7 Å². The number of rotatable bonds is 7. The molecular formula is C16H22N4O3S. The number of aromatic nitrogens is 4. The Morgan fingerprint density at radius 1 is 1.25 bits per heavy atom. The third-order valence-electron chi connectivity index (χ3n) is 3.77. The molecule has 2 aromatic rings. The molecule has 0 aliphatic heterocycles. The highest BCUT2D eigenvalue weighted by Gasteiger charge is 2.23. The van der Waals surface area contributed by atoms with Gasteiger partial charge >= 0.3 is 5.97 Å². The molecule has 0 aliphatic rings. The van der Waals surface area contributed by atoms with E-state index in [-0.39, 0.29) is 11.5 Å². The van der Waals surface area contributed by atoms with E-state index in [9.17, 15) is 9.59 Å². The molecule has 0 aliphatic carbocycles. The Bertz CT molecular complexity index is 764. The molecule has 0 aromatic carbocycles. The largest absolute Gasteiger partial charge is 0.461 e. The Morgan fingerprint density at radius 2 is 1.96 bits per heavy atom. The van der Waals surface area contributed by atoms with E-state index in [2.05, 4.69) is 15.2 Å². The van der Waals surface area contributed by atoms with E-state index in [1.165, 1.54) is 11.8 Å². The van der Waals surface area contributed by atoms with Gasteiger partial charge in [-0.15, -0.1) is 10.2 Å². The number of thioether (sulfide) groups is 1. The SMILES string of the molecule is CCOC(=O)c1[nH]c(C)c(C(=O)CSc2nnc(CC)n2C)c1C. The zero-order valence-corrected chi connectivity index (χ0v) is 15.4. The van der Waals surface area contributed by atoms with Crippen molar-refractivity contribution in [1.29, 1.82) is 0 Å². The number of hydrogen-bond donors (Lipinski definition) is 1. The maximum atomic E-state index is 12.6. The van der Waals surface area contributed by atoms with Crippen LogP contribution < -0.4 is 0 Å². The summed E-state index contributed by atoms with van der Waals surface area (Å²) in [4.78, 5) is 27.5. The lowest BCUT2D eigenvalue weighted by Crippen LogP contribution is -2.09. The van der Waals surface area contributed by atoms with E-state index < -0.39 is 5.97 Å². The molecule has 130 valence electrons. The van der Waals surface area contributed by atoms with E-state index in [1.54, 1.807) is 20.8 Å². The highest BCUT2D eigenvalue weighted by molar-refractivity contribution is 7.99. The summed E-state index contributed by atoms with van der Waals surface area (Å²) < 4.78 is 6.90. The number of ether oxygens (including phenoxy) is 1. The summed E-state index contributed by atoms with van der Waals surface area (Å²) in [6.45, 7) is 7.59. The van der Waals surface area contributed by atoms with Crippen molar-refractivity contribution < 1.29 is 14.3 Å². The molecular weight excluding hydrogens is 328 g/mol. The van der Waals surface area contributed by atoms with Crippen molar-refractivity contribution >= 4 is 23.5 Å². The van der Waals surface area contributed by atoms with E-state index in [0.29, 0.717) is 34.3 Å². The fourth-order valence-electron chi connectivity index (χ4n) is 2.56. The molecule has 0 unspecified atom stereocenters. The molecule has 0 atom stereocenters. The third-order valence-corrected chi connectivity index (χ3v) is 4.79. The standard InChI is InChI=1S/C16H22N4O3S/c1-6-12-18-19-16(20(12)5)24-8-11(21)13-9(3)14(17-10(13)4)15(22)23-7-2/h17H,6-8H2,1-5H3. The van der Waals surface area contributed by atoms with E-state index in [4.69, 9.17) is 4.74 Å². The van der Waals surface area contributed by atoms with Crippen LogP contribution >= 0.6 is 11.8 Å². The summed E-state index contributed by atoms with van der Waals surface area (Å²) in [7, 11) is 1.89. The normalized spacial score (nSPS) is 10.9. The van der Waals surface area contributed by atoms with Crippen LogP contribution in [-0.2, 0) is 18.2 Å². The minimum atomic E-state index is -0.439. The average molecular weight is 350 g/mol. The molecule has 0 saturated carbocycles. The van der Waals surface area contributed by atoms with Gasteiger partial charge in [0, 0.05) is 24.7 Å². The highest BCUT2D eigenvalue weighted by atomic mass is 32.2. The number of aryl methyl sites for hydroxylation is 2. The molecule has 2 heterocycles. The molecule has 0 bridgehead atoms. The molecule has 0 radical (unpaired) electrons. The second-order valence-electron chi connectivity index (χ2n) is 5.37. The lowest BCUT2D eigenvalue weighted by Gasteiger charge is -2.04. The van der Waals surface area contributed by atoms with Gasteiger partial charge in [0.15, 0.2) is 10.9 Å². The Morgan fingerprint density at radius 3 is 2.54 bits per heavy atom. The predicted molar refractivity (Wildman–Crippen MR) is 91.7 cm³/mol. The van der Waals surface area contributed by atoms with Crippen LogP contribution in [-0.4, -0.2) is 43.9 Å². The maximum absolute atomic E-state index is 12.6. The van der Waals surface area contributed by atoms with Crippen molar-refractivity contribution in [2.45, 2.75) is 39.3 Å². The van der Waals surface area contributed by atoms with Gasteiger partial charge in [-0.05, 0) is 26.3 Å². The number of carbonyl (C=O) groups is 2. The van der Waals surface area contributed by atoms with Crippen LogP contribution in [0.5, 0.6) is 0 Å². The Balaban J connectivity index is 2.15. The number of nitrogens with zero attached hydrogens (tertiary/aromatic N) is 3. The summed E-state index contributed by atoms with van der Waals surface area (Å²) in [5, 5.41) is 8.88. The van der Waals surface area contributed by atoms with Gasteiger partial charge in [-0.25, -0.2) is 4.79 Å². The van der Waals surface area contributed by atoms with Crippen molar-refractivity contribution in [2.75, 3.05) is 12.4 Å². The quantitative estimate of drug-likeness (QED) is 0.469. The van der Waals surface area contributed by atoms with Gasteiger partial charge < -0.3 is 14.3 Å². The molecule has 24 heavy (non-hydrogen) atoms. The summed E-state index contributed by atoms with van der Waals surface area (Å²) in [6, 6.07) is 0. The lowest BCUT2D eigenvalue weighted by atomic mass is 10.1. The van der Waals surface area contributed by atoms with Gasteiger partial charge in [0.05, 0.1) is 12.4 Å². The molecule has 0 spiro atoms. The first-order chi connectivity index (χ1) is 11.4. The van der Waals surface area contributed by atoms with Crippen LogP contribution in [0.4, 0.5) is 0 Å². The number of nitrogens with one attached hydrogen (secondary N) is 1. The van der Waals surface area contributed by atoms with Gasteiger partial charge in [-0.2, -0.15) is 0 Å². The molecule has 8 heteroatoms. The molecule has 2 rings (SSSR count). The summed E-state index contributed by atoms with van der Waals surface area (Å²) in [5.74, 6) is 0.620. The van der Waals surface area contributed by atoms with Crippen molar-refractivity contribution in [3.63, 3.8) is 0 Å². The van der Waals surface area contributed by atoms with E-state index in [1.807, 2.05) is 18.5 Å². The van der Waals surface area contributed by atoms with Gasteiger partial charge in [0.1, 0.15) is 11.5 Å². The second kappa shape index (κ2) is 7.65. The topological polar surface area (TPSA) is 89.9 Å². The monoisotopic (exact) mass is 350 g/mol. The van der Waals surface area contributed by atoms with Crippen LogP contribution in [0.2, 0.25) is 0 Å². The van der Waals surface area contributed by atoms with Crippen molar-refractivity contribution in [3.8, 4) is 0 Å². The summed E-state index contributed by atoms with van der Waals surface area (Å²) in [5.41, 5.74) is 2.19. The van der Waals surface area contributed by atoms with Gasteiger partial charge in [-0.1, -0.05) is 18.7 Å². The smallest absolute Gasteiger partial charge is 0.355 e. The van der Waals surface area contributed by atoms with E-state index in [0.717, 1.165) is 12.2 Å². The number of esters is 1. The molecule has 0 saturated heterocycles. The number of ketones is 1. The Labute approximate surface area is 145 Å². The first-order valence-electron chi connectivity index (χ1n) is 7.81. The van der Waals surface area contributed by atoms with Gasteiger partial charge in [-0.3, -0.25) is 4.79 Å². The molecule has 2 aromatic heterocycles. The minimum absolute atomic E-state index is 0.0529. The zero-order chi connectivity index (χ0) is 17.9. The summed E-state index contributed by atoms with van der Waals surface area (Å²) >= 11 is 1.34. The second-order valence-corrected chi connectivity index (χ2v) is 6.31. The fourth-order valence-corrected chi connectivity index (χ4v) is 3.36. The predicted octanol–water partition coefficient (Wildman–Crippen LogP) is 2.47. The fraction of sp³-hybridized carbons (Fsp3) is 0.500. The maximum Gasteiger partial charge on any atom is 0.355 e.